The zero-order valence-electron chi connectivity index (χ0n) is 11.1. The van der Waals surface area contributed by atoms with Crippen molar-refractivity contribution in [2.24, 2.45) is 16.9 Å². The standard InChI is InChI=1S/C12H25N3S/c1-6-13-12(16)15-14-11(7-9(2)3)8-10(4)5/h9-10H,6-8H2,1-5H3,(H2,13,15,16). The van der Waals surface area contributed by atoms with Crippen LogP contribution in [0.15, 0.2) is 5.10 Å². The Morgan fingerprint density at radius 3 is 2.00 bits per heavy atom. The first kappa shape index (κ1) is 15.4. The SMILES string of the molecule is CCNC(=S)NN=C(CC(C)C)CC(C)C. The Labute approximate surface area is 105 Å². The van der Waals surface area contributed by atoms with Gasteiger partial charge in [0.05, 0.1) is 0 Å². The van der Waals surface area contributed by atoms with Crippen LogP contribution in [0.25, 0.3) is 0 Å². The highest BCUT2D eigenvalue weighted by Crippen LogP contribution is 2.09. The van der Waals surface area contributed by atoms with Crippen molar-refractivity contribution in [3.63, 3.8) is 0 Å². The lowest BCUT2D eigenvalue weighted by molar-refractivity contribution is 0.630. The van der Waals surface area contributed by atoms with E-state index in [4.69, 9.17) is 12.2 Å². The Hall–Kier alpha value is -0.640. The van der Waals surface area contributed by atoms with Gasteiger partial charge in [-0.25, -0.2) is 0 Å². The monoisotopic (exact) mass is 243 g/mol. The van der Waals surface area contributed by atoms with Crippen LogP contribution in [0, 0.1) is 11.8 Å². The second-order valence-corrected chi connectivity index (χ2v) is 5.25. The van der Waals surface area contributed by atoms with Crippen LogP contribution < -0.4 is 10.7 Å². The van der Waals surface area contributed by atoms with Gasteiger partial charge in [-0.1, -0.05) is 27.7 Å². The molecule has 0 radical (unpaired) electrons. The molecule has 0 bridgehead atoms. The van der Waals surface area contributed by atoms with Gasteiger partial charge < -0.3 is 5.32 Å². The quantitative estimate of drug-likeness (QED) is 0.428. The fourth-order valence-corrected chi connectivity index (χ4v) is 1.64. The molecule has 0 heterocycles. The van der Waals surface area contributed by atoms with Gasteiger partial charge in [0.1, 0.15) is 0 Å². The molecule has 0 aromatic rings. The molecule has 0 unspecified atom stereocenters. The van der Waals surface area contributed by atoms with Crippen LogP contribution in [0.4, 0.5) is 0 Å². The van der Waals surface area contributed by atoms with Crippen LogP contribution in [0.5, 0.6) is 0 Å². The van der Waals surface area contributed by atoms with Crippen LogP contribution in [0.2, 0.25) is 0 Å². The van der Waals surface area contributed by atoms with Gasteiger partial charge in [-0.2, -0.15) is 5.10 Å². The molecule has 0 saturated carbocycles. The van der Waals surface area contributed by atoms with Gasteiger partial charge in [0, 0.05) is 12.3 Å². The smallest absolute Gasteiger partial charge is 0.186 e. The summed E-state index contributed by atoms with van der Waals surface area (Å²) in [5.74, 6) is 1.26. The summed E-state index contributed by atoms with van der Waals surface area (Å²) in [4.78, 5) is 0. The molecule has 94 valence electrons. The molecule has 0 saturated heterocycles. The fraction of sp³-hybridized carbons (Fsp3) is 0.833. The van der Waals surface area contributed by atoms with Gasteiger partial charge in [-0.05, 0) is 43.8 Å². The van der Waals surface area contributed by atoms with E-state index >= 15 is 0 Å². The minimum Gasteiger partial charge on any atom is -0.362 e. The van der Waals surface area contributed by atoms with Crippen LogP contribution in [-0.2, 0) is 0 Å². The van der Waals surface area contributed by atoms with Crippen LogP contribution in [-0.4, -0.2) is 17.4 Å². The molecule has 0 spiro atoms. The van der Waals surface area contributed by atoms with Crippen molar-refractivity contribution in [1.29, 1.82) is 0 Å². The highest BCUT2D eigenvalue weighted by molar-refractivity contribution is 7.80. The van der Waals surface area contributed by atoms with Gasteiger partial charge in [0.2, 0.25) is 0 Å². The zero-order valence-corrected chi connectivity index (χ0v) is 11.9. The summed E-state index contributed by atoms with van der Waals surface area (Å²) in [5.41, 5.74) is 4.10. The second kappa shape index (κ2) is 8.50. The van der Waals surface area contributed by atoms with Crippen LogP contribution >= 0.6 is 12.2 Å². The highest BCUT2D eigenvalue weighted by atomic mass is 32.1. The lowest BCUT2D eigenvalue weighted by Gasteiger charge is -2.12. The molecule has 0 rings (SSSR count). The first-order valence-electron chi connectivity index (χ1n) is 6.05. The molecule has 0 aliphatic rings. The summed E-state index contributed by atoms with van der Waals surface area (Å²) >= 11 is 5.07. The van der Waals surface area contributed by atoms with Crippen molar-refractivity contribution in [1.82, 2.24) is 10.7 Å². The zero-order chi connectivity index (χ0) is 12.6. The Balaban J connectivity index is 4.25. The van der Waals surface area contributed by atoms with E-state index in [-0.39, 0.29) is 0 Å². The third-order valence-corrected chi connectivity index (χ3v) is 2.18. The van der Waals surface area contributed by atoms with E-state index in [1.54, 1.807) is 0 Å². The van der Waals surface area contributed by atoms with Crippen LogP contribution in [0.3, 0.4) is 0 Å². The summed E-state index contributed by atoms with van der Waals surface area (Å²) in [7, 11) is 0. The molecule has 0 aliphatic heterocycles. The van der Waals surface area contributed by atoms with Crippen molar-refractivity contribution in [2.45, 2.75) is 47.5 Å². The molecule has 0 atom stereocenters. The molecule has 3 nitrogen and oxygen atoms in total. The van der Waals surface area contributed by atoms with E-state index in [0.29, 0.717) is 16.9 Å². The number of rotatable bonds is 6. The van der Waals surface area contributed by atoms with Gasteiger partial charge in [-0.15, -0.1) is 0 Å². The first-order chi connectivity index (χ1) is 7.45. The molecule has 2 N–H and O–H groups in total. The number of hydrazone groups is 1. The van der Waals surface area contributed by atoms with Gasteiger partial charge in [0.25, 0.3) is 0 Å². The Morgan fingerprint density at radius 2 is 1.62 bits per heavy atom. The molecular weight excluding hydrogens is 218 g/mol. The molecule has 0 aliphatic carbocycles. The molecular formula is C12H25N3S. The number of nitrogens with zero attached hydrogens (tertiary/aromatic N) is 1. The third kappa shape index (κ3) is 8.65. The summed E-state index contributed by atoms with van der Waals surface area (Å²) in [6.07, 6.45) is 2.06. The van der Waals surface area contributed by atoms with E-state index < -0.39 is 0 Å². The maximum absolute atomic E-state index is 5.07. The fourth-order valence-electron chi connectivity index (χ4n) is 1.45. The van der Waals surface area contributed by atoms with Crippen molar-refractivity contribution in [3.8, 4) is 0 Å². The number of thiocarbonyl (C=S) groups is 1. The first-order valence-corrected chi connectivity index (χ1v) is 6.45. The van der Waals surface area contributed by atoms with Gasteiger partial charge in [-0.3, -0.25) is 5.43 Å². The lowest BCUT2D eigenvalue weighted by Crippen LogP contribution is -2.32. The average molecular weight is 243 g/mol. The van der Waals surface area contributed by atoms with E-state index in [2.05, 4.69) is 43.5 Å². The summed E-state index contributed by atoms with van der Waals surface area (Å²) in [5, 5.41) is 8.01. The summed E-state index contributed by atoms with van der Waals surface area (Å²) in [6, 6.07) is 0. The molecule has 0 fully saturated rings. The topological polar surface area (TPSA) is 36.4 Å². The predicted octanol–water partition coefficient (Wildman–Crippen LogP) is 2.92. The minimum atomic E-state index is 0.604. The number of nitrogens with one attached hydrogen (secondary N) is 2. The predicted molar refractivity (Wildman–Crippen MR) is 75.8 cm³/mol. The summed E-state index contributed by atoms with van der Waals surface area (Å²) in [6.45, 7) is 11.7. The second-order valence-electron chi connectivity index (χ2n) is 4.85. The van der Waals surface area contributed by atoms with E-state index in [9.17, 15) is 0 Å². The lowest BCUT2D eigenvalue weighted by atomic mass is 9.99. The Morgan fingerprint density at radius 1 is 1.12 bits per heavy atom. The Kier molecular flexibility index (Phi) is 8.16. The molecule has 0 aromatic heterocycles. The average Bonchev–Trinajstić information content (AvgIpc) is 2.13. The largest absolute Gasteiger partial charge is 0.362 e. The van der Waals surface area contributed by atoms with Crippen molar-refractivity contribution in [2.75, 3.05) is 6.54 Å². The molecule has 0 aromatic carbocycles. The third-order valence-electron chi connectivity index (χ3n) is 1.94. The summed E-state index contributed by atoms with van der Waals surface area (Å²) < 4.78 is 0. The minimum absolute atomic E-state index is 0.604. The van der Waals surface area contributed by atoms with Crippen molar-refractivity contribution in [3.05, 3.63) is 0 Å². The van der Waals surface area contributed by atoms with Gasteiger partial charge >= 0.3 is 0 Å². The van der Waals surface area contributed by atoms with Crippen molar-refractivity contribution < 1.29 is 0 Å². The molecule has 4 heteroatoms. The Bertz CT molecular complexity index is 222. The maximum atomic E-state index is 5.07. The number of hydrogen-bond donors (Lipinski definition) is 2. The van der Waals surface area contributed by atoms with E-state index in [0.717, 1.165) is 19.4 Å². The number of hydrogen-bond acceptors (Lipinski definition) is 2. The van der Waals surface area contributed by atoms with E-state index in [1.165, 1.54) is 5.71 Å². The van der Waals surface area contributed by atoms with E-state index in [1.807, 2.05) is 6.92 Å². The maximum Gasteiger partial charge on any atom is 0.186 e. The molecule has 0 amide bonds. The highest BCUT2D eigenvalue weighted by Gasteiger charge is 2.06. The van der Waals surface area contributed by atoms with Gasteiger partial charge in [0.15, 0.2) is 5.11 Å². The normalized spacial score (nSPS) is 10.4. The molecule has 16 heavy (non-hydrogen) atoms. The van der Waals surface area contributed by atoms with Crippen LogP contribution in [0.1, 0.15) is 47.5 Å². The van der Waals surface area contributed by atoms with Crippen molar-refractivity contribution >= 4 is 23.0 Å².